The molecule has 1 aliphatic rings. The van der Waals surface area contributed by atoms with E-state index in [0.717, 1.165) is 10.6 Å². The third-order valence-corrected chi connectivity index (χ3v) is 4.67. The molecule has 0 spiro atoms. The molecule has 1 heterocycles. The molecule has 1 aromatic heterocycles. The molecule has 0 amide bonds. The Labute approximate surface area is 155 Å². The van der Waals surface area contributed by atoms with Gasteiger partial charge in [-0.05, 0) is 24.8 Å². The maximum Gasteiger partial charge on any atom is 0.366 e. The van der Waals surface area contributed by atoms with Crippen LogP contribution in [0, 0.1) is 23.2 Å². The third kappa shape index (κ3) is 3.74. The zero-order valence-electron chi connectivity index (χ0n) is 15.3. The smallest absolute Gasteiger partial charge is 0.366 e. The summed E-state index contributed by atoms with van der Waals surface area (Å²) in [7, 11) is 0. The molecule has 0 bridgehead atoms. The maximum absolute atomic E-state index is 14.1. The summed E-state index contributed by atoms with van der Waals surface area (Å²) >= 11 is 0. The Morgan fingerprint density at radius 2 is 2.07 bits per heavy atom. The van der Waals surface area contributed by atoms with Crippen LogP contribution < -0.4 is 5.69 Å². The summed E-state index contributed by atoms with van der Waals surface area (Å²) in [5.41, 5.74) is -2.62. The first-order valence-corrected chi connectivity index (χ1v) is 8.26. The van der Waals surface area contributed by atoms with Crippen LogP contribution in [0.2, 0.25) is 0 Å². The molecule has 1 aromatic rings. The summed E-state index contributed by atoms with van der Waals surface area (Å²) in [6, 6.07) is 0. The quantitative estimate of drug-likeness (QED) is 0.420. The van der Waals surface area contributed by atoms with Gasteiger partial charge in [0.05, 0.1) is 18.6 Å². The summed E-state index contributed by atoms with van der Waals surface area (Å²) in [5, 5.41) is 9.78. The van der Waals surface area contributed by atoms with Gasteiger partial charge in [0.2, 0.25) is 11.7 Å². The number of hydrogen-bond donors (Lipinski definition) is 2. The van der Waals surface area contributed by atoms with Crippen molar-refractivity contribution < 1.29 is 28.6 Å². The molecule has 8 nitrogen and oxygen atoms in total. The molecule has 9 heteroatoms. The van der Waals surface area contributed by atoms with Crippen LogP contribution in [0.25, 0.3) is 0 Å². The summed E-state index contributed by atoms with van der Waals surface area (Å²) in [4.78, 5) is 38.0. The number of carbonyl (C=O) groups excluding carboxylic acids is 2. The minimum Gasteiger partial charge on any atom is -0.493 e. The van der Waals surface area contributed by atoms with Crippen molar-refractivity contribution in [2.24, 2.45) is 10.8 Å². The van der Waals surface area contributed by atoms with E-state index >= 15 is 0 Å². The first-order chi connectivity index (χ1) is 12.6. The van der Waals surface area contributed by atoms with Crippen LogP contribution in [-0.4, -0.2) is 33.2 Å². The van der Waals surface area contributed by atoms with Crippen LogP contribution in [-0.2, 0) is 32.2 Å². The Kier molecular flexibility index (Phi) is 5.49. The van der Waals surface area contributed by atoms with Crippen molar-refractivity contribution in [1.82, 2.24) is 9.55 Å². The number of esters is 2. The Morgan fingerprint density at radius 1 is 1.44 bits per heavy atom. The van der Waals surface area contributed by atoms with Crippen LogP contribution in [0.4, 0.5) is 4.39 Å². The van der Waals surface area contributed by atoms with E-state index < -0.39 is 46.8 Å². The Balaban J connectivity index is 2.21. The van der Waals surface area contributed by atoms with E-state index in [9.17, 15) is 23.9 Å². The van der Waals surface area contributed by atoms with E-state index in [-0.39, 0.29) is 25.3 Å². The second-order valence-corrected chi connectivity index (χ2v) is 6.84. The molecule has 27 heavy (non-hydrogen) atoms. The first-order valence-electron chi connectivity index (χ1n) is 8.26. The first kappa shape index (κ1) is 20.3. The number of aromatic nitrogens is 2. The number of halogens is 1. The highest BCUT2D eigenvalue weighted by Crippen LogP contribution is 2.65. The van der Waals surface area contributed by atoms with E-state index in [0.29, 0.717) is 0 Å². The van der Waals surface area contributed by atoms with Crippen LogP contribution in [0.15, 0.2) is 16.7 Å². The van der Waals surface area contributed by atoms with Gasteiger partial charge < -0.3 is 14.6 Å². The molecule has 0 saturated heterocycles. The number of nitrogens with zero attached hydrogens (tertiary/aromatic N) is 1. The van der Waals surface area contributed by atoms with Gasteiger partial charge in [-0.2, -0.15) is 4.39 Å². The molecule has 2 rings (SSSR count). The summed E-state index contributed by atoms with van der Waals surface area (Å²) < 4.78 is 24.9. The van der Waals surface area contributed by atoms with Crippen LogP contribution >= 0.6 is 0 Å². The number of terminal acetylenes is 1. The molecule has 1 fully saturated rings. The zero-order valence-corrected chi connectivity index (χ0v) is 15.3. The molecule has 1 saturated carbocycles. The summed E-state index contributed by atoms with van der Waals surface area (Å²) in [6.45, 7) is 4.42. The predicted molar refractivity (Wildman–Crippen MR) is 92.0 cm³/mol. The van der Waals surface area contributed by atoms with Crippen molar-refractivity contribution in [1.29, 1.82) is 0 Å². The molecule has 0 unspecified atom stereocenters. The largest absolute Gasteiger partial charge is 0.493 e. The molecular weight excluding hydrogens is 359 g/mol. The Bertz CT molecular complexity index is 889. The maximum atomic E-state index is 14.1. The van der Waals surface area contributed by atoms with Gasteiger partial charge in [0, 0.05) is 0 Å². The van der Waals surface area contributed by atoms with E-state index in [1.165, 1.54) is 6.92 Å². The highest BCUT2D eigenvalue weighted by molar-refractivity contribution is 5.90. The fourth-order valence-corrected chi connectivity index (χ4v) is 2.94. The van der Waals surface area contributed by atoms with Gasteiger partial charge in [0.1, 0.15) is 12.3 Å². The fourth-order valence-electron chi connectivity index (χ4n) is 2.94. The van der Waals surface area contributed by atoms with Crippen LogP contribution in [0.3, 0.4) is 0 Å². The third-order valence-electron chi connectivity index (χ3n) is 4.67. The number of nitrogens with one attached hydrogen (secondary N) is 1. The number of aromatic hydroxyl groups is 1. The van der Waals surface area contributed by atoms with Crippen LogP contribution in [0.1, 0.15) is 32.9 Å². The highest BCUT2D eigenvalue weighted by atomic mass is 19.1. The molecule has 0 radical (unpaired) electrons. The average Bonchev–Trinajstić information content (AvgIpc) is 3.04. The van der Waals surface area contributed by atoms with Gasteiger partial charge in [-0.1, -0.05) is 19.8 Å². The minimum atomic E-state index is -1.34. The molecule has 1 atom stereocenters. The number of aromatic amines is 1. The zero-order chi connectivity index (χ0) is 20.4. The van der Waals surface area contributed by atoms with Crippen LogP contribution in [0.5, 0.6) is 5.88 Å². The molecule has 0 aliphatic heterocycles. The Hall–Kier alpha value is -3.02. The van der Waals surface area contributed by atoms with Crippen molar-refractivity contribution in [2.45, 2.75) is 40.3 Å². The monoisotopic (exact) mass is 380 g/mol. The summed E-state index contributed by atoms with van der Waals surface area (Å²) in [6.07, 6.45) is 6.36. The number of rotatable bonds is 7. The van der Waals surface area contributed by atoms with E-state index in [1.54, 1.807) is 13.8 Å². The summed E-state index contributed by atoms with van der Waals surface area (Å²) in [5.74, 6) is -1.33. The van der Waals surface area contributed by atoms with Gasteiger partial charge >= 0.3 is 17.6 Å². The van der Waals surface area contributed by atoms with E-state index in [4.69, 9.17) is 11.2 Å². The molecule has 2 N–H and O–H groups in total. The van der Waals surface area contributed by atoms with Crippen molar-refractivity contribution in [2.75, 3.05) is 6.61 Å². The normalized spacial score (nSPS) is 20.6. The van der Waals surface area contributed by atoms with Gasteiger partial charge in [0.25, 0.3) is 0 Å². The van der Waals surface area contributed by atoms with Gasteiger partial charge in [0.15, 0.2) is 0 Å². The topological polar surface area (TPSA) is 111 Å². The highest BCUT2D eigenvalue weighted by Gasteiger charge is 2.66. The van der Waals surface area contributed by atoms with Gasteiger partial charge in [-0.15, -0.1) is 6.42 Å². The van der Waals surface area contributed by atoms with E-state index in [1.807, 2.05) is 0 Å². The average molecular weight is 380 g/mol. The molecule has 146 valence electrons. The van der Waals surface area contributed by atoms with Crippen molar-refractivity contribution >= 4 is 11.9 Å². The molecule has 1 aliphatic carbocycles. The number of H-pyrrole nitrogens is 1. The van der Waals surface area contributed by atoms with Crippen molar-refractivity contribution in [3.05, 3.63) is 28.1 Å². The minimum absolute atomic E-state index is 0.000403. The van der Waals surface area contributed by atoms with Gasteiger partial charge in [-0.3, -0.25) is 14.3 Å². The molecule has 0 aromatic carbocycles. The van der Waals surface area contributed by atoms with Crippen molar-refractivity contribution in [3.8, 4) is 18.2 Å². The number of ether oxygens (including phenoxy) is 2. The van der Waals surface area contributed by atoms with E-state index in [2.05, 4.69) is 15.6 Å². The SMILES string of the molecule is C#CCn1c(COC(=O)[C@@]2(C=C(F)C(=O)OCC)CC2(C)C)c(O)[nH]c1=O. The lowest BCUT2D eigenvalue weighted by Gasteiger charge is -2.16. The van der Waals surface area contributed by atoms with Crippen molar-refractivity contribution in [3.63, 3.8) is 0 Å². The number of hydrogen-bond acceptors (Lipinski definition) is 6. The predicted octanol–water partition coefficient (Wildman–Crippen LogP) is 1.39. The standard InChI is InChI=1S/C18H21FN2O6/c1-5-7-21-12(13(22)20-16(21)25)9-27-15(24)18(10-17(18,3)4)8-11(19)14(23)26-6-2/h1,8,22H,6-7,9-10H2,2-4H3,(H,20,25)/t18-/m1/s1. The Morgan fingerprint density at radius 3 is 2.59 bits per heavy atom. The lowest BCUT2D eigenvalue weighted by atomic mass is 9.95. The molecular formula is C18H21FN2O6. The number of carbonyl (C=O) groups is 2. The van der Waals surface area contributed by atoms with Gasteiger partial charge in [-0.25, -0.2) is 9.59 Å². The second kappa shape index (κ2) is 7.31. The lowest BCUT2D eigenvalue weighted by Crippen LogP contribution is -2.25. The number of imidazole rings is 1. The fraction of sp³-hybridized carbons (Fsp3) is 0.500. The lowest BCUT2D eigenvalue weighted by molar-refractivity contribution is -0.151. The second-order valence-electron chi connectivity index (χ2n) is 6.84.